The Morgan fingerprint density at radius 2 is 1.76 bits per heavy atom. The highest BCUT2D eigenvalue weighted by Crippen LogP contribution is 2.39. The number of nitrogens with zero attached hydrogens (tertiary/aromatic N) is 1. The van der Waals surface area contributed by atoms with Gasteiger partial charge in [0.15, 0.2) is 0 Å². The number of hydrogen-bond donors (Lipinski definition) is 1. The fraction of sp³-hybridized carbons (Fsp3) is 0.278. The molecule has 1 N–H and O–H groups in total. The van der Waals surface area contributed by atoms with Gasteiger partial charge >= 0.3 is 6.03 Å². The predicted molar refractivity (Wildman–Crippen MR) is 86.6 cm³/mol. The zero-order valence-electron chi connectivity index (χ0n) is 12.5. The first-order valence-electron chi connectivity index (χ1n) is 7.50. The lowest BCUT2D eigenvalue weighted by Gasteiger charge is -2.20. The molecule has 0 radical (unpaired) electrons. The molecular weight excluding hydrogens is 260 g/mol. The summed E-state index contributed by atoms with van der Waals surface area (Å²) in [4.78, 5) is 14.1. The van der Waals surface area contributed by atoms with Crippen molar-refractivity contribution in [2.24, 2.45) is 0 Å². The molecule has 0 spiro atoms. The average molecular weight is 280 g/mol. The molecule has 3 heteroatoms. The molecular formula is C18H20N2O. The summed E-state index contributed by atoms with van der Waals surface area (Å²) >= 11 is 0. The van der Waals surface area contributed by atoms with Gasteiger partial charge in [0.05, 0.1) is 0 Å². The molecule has 3 nitrogen and oxygen atoms in total. The van der Waals surface area contributed by atoms with Crippen LogP contribution in [0.15, 0.2) is 42.5 Å². The Labute approximate surface area is 125 Å². The van der Waals surface area contributed by atoms with Crippen molar-refractivity contribution < 1.29 is 4.79 Å². The van der Waals surface area contributed by atoms with Crippen molar-refractivity contribution in [3.8, 4) is 11.1 Å². The molecule has 0 bridgehead atoms. The fourth-order valence-corrected chi connectivity index (χ4v) is 2.98. The normalized spacial score (nSPS) is 11.7. The number of fused-ring (bicyclic) bond motifs is 3. The summed E-state index contributed by atoms with van der Waals surface area (Å²) in [5, 5.41) is 3.07. The number of urea groups is 1. The maximum absolute atomic E-state index is 12.3. The van der Waals surface area contributed by atoms with Crippen molar-refractivity contribution in [3.63, 3.8) is 0 Å². The van der Waals surface area contributed by atoms with Gasteiger partial charge in [0.1, 0.15) is 0 Å². The van der Waals surface area contributed by atoms with Crippen LogP contribution in [-0.2, 0) is 6.42 Å². The summed E-state index contributed by atoms with van der Waals surface area (Å²) in [5.41, 5.74) is 6.01. The number of amides is 2. The average Bonchev–Trinajstić information content (AvgIpc) is 2.88. The van der Waals surface area contributed by atoms with Gasteiger partial charge in [-0.25, -0.2) is 4.79 Å². The first kappa shape index (κ1) is 13.7. The van der Waals surface area contributed by atoms with Crippen LogP contribution in [0.2, 0.25) is 0 Å². The SMILES string of the molecule is CCN(CC)C(=O)Nc1cccc2c1Cc1ccccc1-2. The number of nitrogens with one attached hydrogen (secondary N) is 1. The summed E-state index contributed by atoms with van der Waals surface area (Å²) in [6.45, 7) is 5.43. The van der Waals surface area contributed by atoms with Crippen LogP contribution in [0.3, 0.4) is 0 Å². The van der Waals surface area contributed by atoms with E-state index in [4.69, 9.17) is 0 Å². The Hall–Kier alpha value is -2.29. The van der Waals surface area contributed by atoms with Crippen molar-refractivity contribution in [3.05, 3.63) is 53.6 Å². The minimum atomic E-state index is -0.0237. The second kappa shape index (κ2) is 5.60. The fourth-order valence-electron chi connectivity index (χ4n) is 2.98. The van der Waals surface area contributed by atoms with Crippen molar-refractivity contribution >= 4 is 11.7 Å². The van der Waals surface area contributed by atoms with Crippen LogP contribution in [0.25, 0.3) is 11.1 Å². The maximum Gasteiger partial charge on any atom is 0.321 e. The number of rotatable bonds is 3. The van der Waals surface area contributed by atoms with Gasteiger partial charge in [-0.1, -0.05) is 36.4 Å². The highest BCUT2D eigenvalue weighted by molar-refractivity contribution is 5.93. The topological polar surface area (TPSA) is 32.3 Å². The number of hydrogen-bond acceptors (Lipinski definition) is 1. The van der Waals surface area contributed by atoms with Crippen LogP contribution in [0.5, 0.6) is 0 Å². The Bertz CT molecular complexity index is 675. The highest BCUT2D eigenvalue weighted by Gasteiger charge is 2.21. The Kier molecular flexibility index (Phi) is 3.65. The standard InChI is InChI=1S/C18H20N2O/c1-3-20(4-2)18(21)19-17-11-7-10-15-14-9-6-5-8-13(14)12-16(15)17/h5-11H,3-4,12H2,1-2H3,(H,19,21). The second-order valence-electron chi connectivity index (χ2n) is 5.27. The summed E-state index contributed by atoms with van der Waals surface area (Å²) in [5.74, 6) is 0. The van der Waals surface area contributed by atoms with E-state index in [2.05, 4.69) is 35.6 Å². The van der Waals surface area contributed by atoms with E-state index in [1.54, 1.807) is 4.90 Å². The molecule has 108 valence electrons. The van der Waals surface area contributed by atoms with Crippen LogP contribution < -0.4 is 5.32 Å². The molecule has 0 aliphatic heterocycles. The smallest absolute Gasteiger partial charge is 0.321 e. The van der Waals surface area contributed by atoms with Crippen molar-refractivity contribution in [1.82, 2.24) is 4.90 Å². The van der Waals surface area contributed by atoms with E-state index in [9.17, 15) is 4.79 Å². The van der Waals surface area contributed by atoms with Gasteiger partial charge < -0.3 is 10.2 Å². The Balaban J connectivity index is 1.92. The molecule has 2 aromatic rings. The third kappa shape index (κ3) is 2.40. The van der Waals surface area contributed by atoms with Gasteiger partial charge in [-0.2, -0.15) is 0 Å². The van der Waals surface area contributed by atoms with E-state index in [1.807, 2.05) is 26.0 Å². The molecule has 3 rings (SSSR count). The first-order valence-corrected chi connectivity index (χ1v) is 7.50. The van der Waals surface area contributed by atoms with Crippen LogP contribution in [0.1, 0.15) is 25.0 Å². The lowest BCUT2D eigenvalue weighted by molar-refractivity contribution is 0.217. The molecule has 0 aromatic heterocycles. The summed E-state index contributed by atoms with van der Waals surface area (Å²) in [6, 6.07) is 14.6. The van der Waals surface area contributed by atoms with E-state index >= 15 is 0 Å². The maximum atomic E-state index is 12.3. The Morgan fingerprint density at radius 1 is 1.05 bits per heavy atom. The van der Waals surface area contributed by atoms with Crippen molar-refractivity contribution in [2.45, 2.75) is 20.3 Å². The lowest BCUT2D eigenvalue weighted by atomic mass is 10.1. The quantitative estimate of drug-likeness (QED) is 0.768. The monoisotopic (exact) mass is 280 g/mol. The van der Waals surface area contributed by atoms with E-state index < -0.39 is 0 Å². The van der Waals surface area contributed by atoms with E-state index in [1.165, 1.54) is 22.3 Å². The number of carbonyl (C=O) groups excluding carboxylic acids is 1. The van der Waals surface area contributed by atoms with Crippen LogP contribution >= 0.6 is 0 Å². The largest absolute Gasteiger partial charge is 0.325 e. The van der Waals surface area contributed by atoms with Gasteiger partial charge in [0, 0.05) is 25.2 Å². The van der Waals surface area contributed by atoms with Gasteiger partial charge in [-0.3, -0.25) is 0 Å². The zero-order chi connectivity index (χ0) is 14.8. The summed E-state index contributed by atoms with van der Waals surface area (Å²) in [6.07, 6.45) is 0.889. The van der Waals surface area contributed by atoms with E-state index in [0.29, 0.717) is 0 Å². The van der Waals surface area contributed by atoms with Gasteiger partial charge in [-0.15, -0.1) is 0 Å². The minimum absolute atomic E-state index is 0.0237. The molecule has 0 fully saturated rings. The molecule has 1 aliphatic rings. The lowest BCUT2D eigenvalue weighted by Crippen LogP contribution is -2.34. The van der Waals surface area contributed by atoms with Gasteiger partial charge in [0.25, 0.3) is 0 Å². The van der Waals surface area contributed by atoms with Gasteiger partial charge in [0.2, 0.25) is 0 Å². The molecule has 0 saturated carbocycles. The molecule has 1 aliphatic carbocycles. The zero-order valence-corrected chi connectivity index (χ0v) is 12.5. The van der Waals surface area contributed by atoms with E-state index in [-0.39, 0.29) is 6.03 Å². The van der Waals surface area contributed by atoms with Gasteiger partial charge in [-0.05, 0) is 42.2 Å². The molecule has 0 atom stereocenters. The Morgan fingerprint density at radius 3 is 2.52 bits per heavy atom. The molecule has 0 heterocycles. The summed E-state index contributed by atoms with van der Waals surface area (Å²) < 4.78 is 0. The minimum Gasteiger partial charge on any atom is -0.325 e. The highest BCUT2D eigenvalue weighted by atomic mass is 16.2. The number of carbonyl (C=O) groups is 1. The van der Waals surface area contributed by atoms with Crippen LogP contribution in [0, 0.1) is 0 Å². The van der Waals surface area contributed by atoms with Crippen LogP contribution in [-0.4, -0.2) is 24.0 Å². The third-order valence-corrected chi connectivity index (χ3v) is 4.14. The van der Waals surface area contributed by atoms with E-state index in [0.717, 1.165) is 25.2 Å². The first-order chi connectivity index (χ1) is 10.2. The predicted octanol–water partition coefficient (Wildman–Crippen LogP) is 4.13. The third-order valence-electron chi connectivity index (χ3n) is 4.14. The second-order valence-corrected chi connectivity index (χ2v) is 5.27. The van der Waals surface area contributed by atoms with Crippen molar-refractivity contribution in [2.75, 3.05) is 18.4 Å². The molecule has 0 saturated heterocycles. The number of benzene rings is 2. The molecule has 21 heavy (non-hydrogen) atoms. The summed E-state index contributed by atoms with van der Waals surface area (Å²) in [7, 11) is 0. The molecule has 2 aromatic carbocycles. The van der Waals surface area contributed by atoms with Crippen LogP contribution in [0.4, 0.5) is 10.5 Å². The van der Waals surface area contributed by atoms with Crippen molar-refractivity contribution in [1.29, 1.82) is 0 Å². The molecule has 2 amide bonds. The molecule has 0 unspecified atom stereocenters. The number of anilines is 1.